The van der Waals surface area contributed by atoms with Crippen LogP contribution in [0.25, 0.3) is 0 Å². The molecule has 0 aromatic heterocycles. The predicted molar refractivity (Wildman–Crippen MR) is 68.2 cm³/mol. The number of hydrogen-bond donors (Lipinski definition) is 2. The maximum absolute atomic E-state index is 9.77. The fraction of sp³-hybridized carbons (Fsp3) is 1.00. The first-order valence-corrected chi connectivity index (χ1v) is 7.12. The van der Waals surface area contributed by atoms with E-state index in [4.69, 9.17) is 5.73 Å². The van der Waals surface area contributed by atoms with Crippen LogP contribution in [0.15, 0.2) is 0 Å². The number of nitrogens with two attached hydrogens (primary N) is 1. The lowest BCUT2D eigenvalue weighted by Crippen LogP contribution is -2.34. The molecule has 1 aliphatic carbocycles. The van der Waals surface area contributed by atoms with E-state index in [1.165, 1.54) is 25.7 Å². The van der Waals surface area contributed by atoms with Gasteiger partial charge in [0.05, 0.1) is 5.60 Å². The molecule has 2 nitrogen and oxygen atoms in total. The maximum Gasteiger partial charge on any atom is 0.0749 e. The number of hydrogen-bond acceptors (Lipinski definition) is 3. The Bertz CT molecular complexity index is 184. The predicted octanol–water partition coefficient (Wildman–Crippen LogP) is 2.40. The first-order valence-electron chi connectivity index (χ1n) is 6.07. The fourth-order valence-corrected chi connectivity index (χ4v) is 3.77. The summed E-state index contributed by atoms with van der Waals surface area (Å²) in [5.41, 5.74) is 4.83. The lowest BCUT2D eigenvalue weighted by molar-refractivity contribution is 0.0664. The second kappa shape index (κ2) is 6.12. The summed E-state index contributed by atoms with van der Waals surface area (Å²) < 4.78 is 0. The molecule has 1 fully saturated rings. The molecule has 0 aromatic carbocycles. The highest BCUT2D eigenvalue weighted by molar-refractivity contribution is 7.99. The van der Waals surface area contributed by atoms with Crippen molar-refractivity contribution in [3.63, 3.8) is 0 Å². The monoisotopic (exact) mass is 231 g/mol. The molecule has 1 rings (SSSR count). The molecule has 1 aliphatic rings. The van der Waals surface area contributed by atoms with Gasteiger partial charge in [0.1, 0.15) is 0 Å². The largest absolute Gasteiger partial charge is 0.389 e. The van der Waals surface area contributed by atoms with E-state index in [9.17, 15) is 5.11 Å². The van der Waals surface area contributed by atoms with Crippen molar-refractivity contribution in [1.29, 1.82) is 0 Å². The van der Waals surface area contributed by atoms with Gasteiger partial charge in [-0.05, 0) is 37.9 Å². The van der Waals surface area contributed by atoms with E-state index in [2.05, 4.69) is 6.92 Å². The molecule has 0 aliphatic heterocycles. The summed E-state index contributed by atoms with van der Waals surface area (Å²) in [6, 6.07) is 0. The minimum absolute atomic E-state index is 0.370. The third-order valence-electron chi connectivity index (χ3n) is 3.32. The maximum atomic E-state index is 9.77. The van der Waals surface area contributed by atoms with Gasteiger partial charge in [0.15, 0.2) is 0 Å². The molecule has 0 radical (unpaired) electrons. The molecule has 3 N–H and O–H groups in total. The average molecular weight is 231 g/mol. The van der Waals surface area contributed by atoms with E-state index >= 15 is 0 Å². The standard InChI is InChI=1S/C12H25NOS/c1-10-4-3-5-11(8-10)15-7-6-12(2,14)9-13/h10-11,14H,3-9,13H2,1-2H3. The zero-order chi connectivity index (χ0) is 11.3. The van der Waals surface area contributed by atoms with Crippen LogP contribution in [0.3, 0.4) is 0 Å². The van der Waals surface area contributed by atoms with Crippen molar-refractivity contribution in [3.05, 3.63) is 0 Å². The van der Waals surface area contributed by atoms with Crippen molar-refractivity contribution in [3.8, 4) is 0 Å². The molecule has 0 spiro atoms. The van der Waals surface area contributed by atoms with Gasteiger partial charge in [-0.1, -0.05) is 19.8 Å². The molecule has 0 bridgehead atoms. The molecule has 0 aromatic rings. The van der Waals surface area contributed by atoms with Crippen molar-refractivity contribution in [1.82, 2.24) is 0 Å². The molecule has 1 saturated carbocycles. The third-order valence-corrected chi connectivity index (χ3v) is 4.66. The van der Waals surface area contributed by atoms with Gasteiger partial charge < -0.3 is 10.8 Å². The van der Waals surface area contributed by atoms with Crippen LogP contribution >= 0.6 is 11.8 Å². The Hall–Kier alpha value is 0.270. The molecule has 3 unspecified atom stereocenters. The van der Waals surface area contributed by atoms with Crippen LogP contribution in [0, 0.1) is 5.92 Å². The van der Waals surface area contributed by atoms with Crippen LogP contribution in [-0.2, 0) is 0 Å². The van der Waals surface area contributed by atoms with Crippen LogP contribution in [0.4, 0.5) is 0 Å². The van der Waals surface area contributed by atoms with Crippen molar-refractivity contribution >= 4 is 11.8 Å². The summed E-state index contributed by atoms with van der Waals surface area (Å²) >= 11 is 2.03. The summed E-state index contributed by atoms with van der Waals surface area (Å²) in [4.78, 5) is 0. The number of aliphatic hydroxyl groups is 1. The summed E-state index contributed by atoms with van der Waals surface area (Å²) in [5, 5.41) is 10.6. The zero-order valence-electron chi connectivity index (χ0n) is 10.0. The van der Waals surface area contributed by atoms with Gasteiger partial charge in [0, 0.05) is 11.8 Å². The minimum Gasteiger partial charge on any atom is -0.389 e. The van der Waals surface area contributed by atoms with Crippen molar-refractivity contribution in [2.45, 2.75) is 56.8 Å². The highest BCUT2D eigenvalue weighted by atomic mass is 32.2. The highest BCUT2D eigenvalue weighted by Gasteiger charge is 2.21. The van der Waals surface area contributed by atoms with Crippen molar-refractivity contribution < 1.29 is 5.11 Å². The molecule has 15 heavy (non-hydrogen) atoms. The van der Waals surface area contributed by atoms with E-state index in [-0.39, 0.29) is 0 Å². The van der Waals surface area contributed by atoms with E-state index in [0.717, 1.165) is 23.3 Å². The second-order valence-electron chi connectivity index (χ2n) is 5.22. The fourth-order valence-electron chi connectivity index (χ4n) is 2.08. The van der Waals surface area contributed by atoms with Crippen molar-refractivity contribution in [2.75, 3.05) is 12.3 Å². The molecular formula is C12H25NOS. The zero-order valence-corrected chi connectivity index (χ0v) is 10.9. The summed E-state index contributed by atoms with van der Waals surface area (Å²) in [7, 11) is 0. The Labute approximate surface area is 98.0 Å². The molecule has 0 heterocycles. The van der Waals surface area contributed by atoms with E-state index < -0.39 is 5.60 Å². The topological polar surface area (TPSA) is 46.2 Å². The third kappa shape index (κ3) is 5.23. The van der Waals surface area contributed by atoms with Crippen LogP contribution in [0.1, 0.15) is 46.0 Å². The Morgan fingerprint density at radius 2 is 2.20 bits per heavy atom. The quantitative estimate of drug-likeness (QED) is 0.764. The van der Waals surface area contributed by atoms with Crippen LogP contribution < -0.4 is 5.73 Å². The van der Waals surface area contributed by atoms with Crippen LogP contribution in [-0.4, -0.2) is 28.3 Å². The second-order valence-corrected chi connectivity index (χ2v) is 6.62. The normalized spacial score (nSPS) is 31.2. The first kappa shape index (κ1) is 13.3. The van der Waals surface area contributed by atoms with Crippen LogP contribution in [0.2, 0.25) is 0 Å². The van der Waals surface area contributed by atoms with Gasteiger partial charge >= 0.3 is 0 Å². The molecule has 3 heteroatoms. The van der Waals surface area contributed by atoms with Gasteiger partial charge in [-0.3, -0.25) is 0 Å². The smallest absolute Gasteiger partial charge is 0.0749 e. The molecule has 0 amide bonds. The van der Waals surface area contributed by atoms with E-state index in [1.54, 1.807) is 0 Å². The Morgan fingerprint density at radius 1 is 1.47 bits per heavy atom. The number of rotatable bonds is 5. The lowest BCUT2D eigenvalue weighted by Gasteiger charge is -2.27. The molecule has 3 atom stereocenters. The minimum atomic E-state index is -0.659. The summed E-state index contributed by atoms with van der Waals surface area (Å²) in [6.07, 6.45) is 6.32. The highest BCUT2D eigenvalue weighted by Crippen LogP contribution is 2.32. The number of thioether (sulfide) groups is 1. The molecule has 90 valence electrons. The Balaban J connectivity index is 2.14. The van der Waals surface area contributed by atoms with Gasteiger partial charge in [-0.2, -0.15) is 11.8 Å². The van der Waals surface area contributed by atoms with Gasteiger partial charge in [0.25, 0.3) is 0 Å². The first-order chi connectivity index (χ1) is 7.03. The Morgan fingerprint density at radius 3 is 2.80 bits per heavy atom. The lowest BCUT2D eigenvalue weighted by atomic mass is 9.91. The van der Waals surface area contributed by atoms with Gasteiger partial charge in [-0.25, -0.2) is 0 Å². The van der Waals surface area contributed by atoms with E-state index in [1.807, 2.05) is 18.7 Å². The van der Waals surface area contributed by atoms with Gasteiger partial charge in [0.2, 0.25) is 0 Å². The summed E-state index contributed by atoms with van der Waals surface area (Å²) in [5.74, 6) is 1.94. The van der Waals surface area contributed by atoms with Crippen molar-refractivity contribution in [2.24, 2.45) is 11.7 Å². The molecular weight excluding hydrogens is 206 g/mol. The summed E-state index contributed by atoms with van der Waals surface area (Å²) in [6.45, 7) is 4.55. The SMILES string of the molecule is CC1CCCC(SCCC(C)(O)CN)C1. The molecule has 0 saturated heterocycles. The van der Waals surface area contributed by atoms with Gasteiger partial charge in [-0.15, -0.1) is 0 Å². The van der Waals surface area contributed by atoms with Crippen LogP contribution in [0.5, 0.6) is 0 Å². The Kier molecular flexibility index (Phi) is 5.44. The van der Waals surface area contributed by atoms with E-state index in [0.29, 0.717) is 6.54 Å². The average Bonchev–Trinajstić information content (AvgIpc) is 2.18.